The van der Waals surface area contributed by atoms with E-state index in [9.17, 15) is 15.3 Å². The van der Waals surface area contributed by atoms with Crippen LogP contribution in [0.1, 0.15) is 16.7 Å². The number of phenolic OH excluding ortho intramolecular Hbond substituents is 3. The predicted octanol–water partition coefficient (Wildman–Crippen LogP) is 6.99. The summed E-state index contributed by atoms with van der Waals surface area (Å²) >= 11 is 0. The van der Waals surface area contributed by atoms with Crippen LogP contribution >= 0.6 is 0 Å². The van der Waals surface area contributed by atoms with Crippen LogP contribution in [0.3, 0.4) is 0 Å². The predicted molar refractivity (Wildman–Crippen MR) is 127 cm³/mol. The van der Waals surface area contributed by atoms with Crippen molar-refractivity contribution in [2.45, 2.75) is 20.8 Å². The third kappa shape index (κ3) is 4.47. The minimum Gasteiger partial charge on any atom is -0.508 e. The van der Waals surface area contributed by atoms with Crippen molar-refractivity contribution in [1.29, 1.82) is 0 Å². The highest BCUT2D eigenvalue weighted by Crippen LogP contribution is 2.41. The minimum absolute atomic E-state index is 0.0990. The van der Waals surface area contributed by atoms with Gasteiger partial charge in [-0.3, -0.25) is 0 Å². The van der Waals surface area contributed by atoms with Gasteiger partial charge < -0.3 is 25.0 Å². The molecule has 0 aromatic heterocycles. The monoisotopic (exact) mass is 427 g/mol. The molecule has 0 heterocycles. The molecular formula is C27H25NO4. The third-order valence-electron chi connectivity index (χ3n) is 5.11. The quantitative estimate of drug-likeness (QED) is 0.320. The van der Waals surface area contributed by atoms with Crippen molar-refractivity contribution >= 4 is 17.1 Å². The number of anilines is 3. The Morgan fingerprint density at radius 1 is 0.625 bits per heavy atom. The molecule has 5 heteroatoms. The number of nitrogens with zero attached hydrogens (tertiary/aromatic N) is 1. The molecule has 0 fully saturated rings. The first-order chi connectivity index (χ1) is 15.3. The van der Waals surface area contributed by atoms with E-state index < -0.39 is 0 Å². The molecule has 0 aliphatic heterocycles. The molecule has 0 unspecified atom stereocenters. The Balaban J connectivity index is 1.83. The number of benzene rings is 4. The van der Waals surface area contributed by atoms with Crippen molar-refractivity contribution in [3.8, 4) is 28.7 Å². The number of para-hydroxylation sites is 1. The van der Waals surface area contributed by atoms with Crippen LogP contribution in [0.2, 0.25) is 0 Å². The first-order valence-electron chi connectivity index (χ1n) is 10.3. The average Bonchev–Trinajstić information content (AvgIpc) is 2.71. The molecule has 5 nitrogen and oxygen atoms in total. The summed E-state index contributed by atoms with van der Waals surface area (Å²) in [6.07, 6.45) is 0. The zero-order valence-electron chi connectivity index (χ0n) is 18.2. The second kappa shape index (κ2) is 8.55. The maximum Gasteiger partial charge on any atom is 0.169 e. The lowest BCUT2D eigenvalue weighted by Crippen LogP contribution is -2.10. The van der Waals surface area contributed by atoms with Gasteiger partial charge in [-0.25, -0.2) is 0 Å². The normalized spacial score (nSPS) is 10.7. The topological polar surface area (TPSA) is 73.2 Å². The third-order valence-corrected chi connectivity index (χ3v) is 5.11. The van der Waals surface area contributed by atoms with Crippen molar-refractivity contribution in [3.05, 3.63) is 95.6 Å². The van der Waals surface area contributed by atoms with Crippen LogP contribution in [0, 0.1) is 20.8 Å². The lowest BCUT2D eigenvalue weighted by Gasteiger charge is -2.27. The molecule has 0 amide bonds. The van der Waals surface area contributed by atoms with Crippen LogP contribution in [0.5, 0.6) is 28.7 Å². The lowest BCUT2D eigenvalue weighted by atomic mass is 10.1. The van der Waals surface area contributed by atoms with Crippen molar-refractivity contribution in [1.82, 2.24) is 0 Å². The van der Waals surface area contributed by atoms with Gasteiger partial charge in [-0.15, -0.1) is 0 Å². The Bertz CT molecular complexity index is 1190. The average molecular weight is 428 g/mol. The molecule has 3 N–H and O–H groups in total. The molecule has 0 atom stereocenters. The number of rotatable bonds is 5. The molecule has 4 aromatic carbocycles. The highest BCUT2D eigenvalue weighted by molar-refractivity contribution is 5.79. The van der Waals surface area contributed by atoms with Gasteiger partial charge in [-0.2, -0.15) is 0 Å². The summed E-state index contributed by atoms with van der Waals surface area (Å²) in [5, 5.41) is 30.8. The molecule has 0 saturated carbocycles. The van der Waals surface area contributed by atoms with Crippen LogP contribution in [0.4, 0.5) is 17.1 Å². The molecule has 0 radical (unpaired) electrons. The highest BCUT2D eigenvalue weighted by atomic mass is 16.5. The number of aromatic hydroxyl groups is 3. The Kier molecular flexibility index (Phi) is 5.65. The first-order valence-corrected chi connectivity index (χ1v) is 10.3. The standard InChI is InChI=1S/C27H25NO4/c1-17-10-21(14-23(29)12-17)28(22-11-18(2)13-24(30)15-22)20-7-5-8-25(16-20)32-26-9-4-6-19(3)27(26)31/h4-16,29-31H,1-3H3. The number of hydrogen-bond donors (Lipinski definition) is 3. The number of hydrogen-bond acceptors (Lipinski definition) is 5. The minimum atomic E-state index is 0.0990. The summed E-state index contributed by atoms with van der Waals surface area (Å²) in [6.45, 7) is 5.64. The fourth-order valence-electron chi connectivity index (χ4n) is 3.72. The second-order valence-corrected chi connectivity index (χ2v) is 7.91. The summed E-state index contributed by atoms with van der Waals surface area (Å²) in [6, 6.07) is 23.4. The van der Waals surface area contributed by atoms with Crippen molar-refractivity contribution in [3.63, 3.8) is 0 Å². The molecule has 0 saturated heterocycles. The van der Waals surface area contributed by atoms with E-state index in [4.69, 9.17) is 4.74 Å². The Morgan fingerprint density at radius 2 is 1.22 bits per heavy atom. The molecule has 0 bridgehead atoms. The molecule has 162 valence electrons. The highest BCUT2D eigenvalue weighted by Gasteiger charge is 2.16. The van der Waals surface area contributed by atoms with E-state index in [0.717, 1.165) is 33.8 Å². The van der Waals surface area contributed by atoms with Crippen LogP contribution in [0.15, 0.2) is 78.9 Å². The van der Waals surface area contributed by atoms with Gasteiger partial charge in [0, 0.05) is 23.9 Å². The SMILES string of the molecule is Cc1cc(O)cc(N(c2cc(C)cc(O)c2)c2cccc(Oc3cccc(C)c3O)c2)c1. The summed E-state index contributed by atoms with van der Waals surface area (Å²) in [5.41, 5.74) is 4.78. The van der Waals surface area contributed by atoms with E-state index in [0.29, 0.717) is 11.5 Å². The molecule has 0 aliphatic rings. The van der Waals surface area contributed by atoms with Gasteiger partial charge in [0.2, 0.25) is 0 Å². The number of phenols is 3. The Morgan fingerprint density at radius 3 is 1.81 bits per heavy atom. The van der Waals surface area contributed by atoms with Gasteiger partial charge in [-0.1, -0.05) is 18.2 Å². The van der Waals surface area contributed by atoms with Crippen molar-refractivity contribution in [2.24, 2.45) is 0 Å². The van der Waals surface area contributed by atoms with Gasteiger partial charge in [0.1, 0.15) is 17.2 Å². The molecule has 4 rings (SSSR count). The van der Waals surface area contributed by atoms with Gasteiger partial charge in [0.15, 0.2) is 11.5 Å². The number of aryl methyl sites for hydroxylation is 3. The van der Waals surface area contributed by atoms with E-state index >= 15 is 0 Å². The van der Waals surface area contributed by atoms with E-state index in [1.165, 1.54) is 0 Å². The maximum atomic E-state index is 10.3. The molecule has 0 spiro atoms. The summed E-state index contributed by atoms with van der Waals surface area (Å²) in [4.78, 5) is 1.93. The Hall–Kier alpha value is -4.12. The summed E-state index contributed by atoms with van der Waals surface area (Å²) < 4.78 is 5.97. The van der Waals surface area contributed by atoms with Crippen LogP contribution in [-0.2, 0) is 0 Å². The van der Waals surface area contributed by atoms with E-state index in [-0.39, 0.29) is 17.2 Å². The summed E-state index contributed by atoms with van der Waals surface area (Å²) in [7, 11) is 0. The fraction of sp³-hybridized carbons (Fsp3) is 0.111. The molecular weight excluding hydrogens is 402 g/mol. The van der Waals surface area contributed by atoms with Crippen LogP contribution in [-0.4, -0.2) is 15.3 Å². The molecule has 0 aliphatic carbocycles. The smallest absolute Gasteiger partial charge is 0.169 e. The summed E-state index contributed by atoms with van der Waals surface area (Å²) in [5.74, 6) is 1.32. The number of ether oxygens (including phenoxy) is 1. The first kappa shape index (κ1) is 21.1. The van der Waals surface area contributed by atoms with Crippen LogP contribution in [0.25, 0.3) is 0 Å². The van der Waals surface area contributed by atoms with E-state index in [2.05, 4.69) is 0 Å². The van der Waals surface area contributed by atoms with Crippen molar-refractivity contribution < 1.29 is 20.1 Å². The largest absolute Gasteiger partial charge is 0.508 e. The van der Waals surface area contributed by atoms with E-state index in [1.54, 1.807) is 30.3 Å². The van der Waals surface area contributed by atoms with Gasteiger partial charge in [0.05, 0.1) is 11.4 Å². The maximum absolute atomic E-state index is 10.3. The van der Waals surface area contributed by atoms with Crippen molar-refractivity contribution in [2.75, 3.05) is 4.90 Å². The van der Waals surface area contributed by atoms with Gasteiger partial charge >= 0.3 is 0 Å². The Labute approximate surface area is 187 Å². The fourth-order valence-corrected chi connectivity index (χ4v) is 3.72. The van der Waals surface area contributed by atoms with Gasteiger partial charge in [0.25, 0.3) is 0 Å². The van der Waals surface area contributed by atoms with Crippen LogP contribution < -0.4 is 9.64 Å². The lowest BCUT2D eigenvalue weighted by molar-refractivity contribution is 0.408. The zero-order valence-corrected chi connectivity index (χ0v) is 18.2. The molecule has 32 heavy (non-hydrogen) atoms. The van der Waals surface area contributed by atoms with Gasteiger partial charge in [-0.05, 0) is 79.9 Å². The molecule has 4 aromatic rings. The zero-order chi connectivity index (χ0) is 22.8. The second-order valence-electron chi connectivity index (χ2n) is 7.91. The van der Waals surface area contributed by atoms with E-state index in [1.807, 2.05) is 74.2 Å².